The molecule has 1 aliphatic rings. The maximum absolute atomic E-state index is 12.6. The SMILES string of the molecule is COC(=O)C1=C(C)N(c2cccc(OC)c2)C(=S)NC1c1ccc(Cl)cc1. The van der Waals surface area contributed by atoms with Gasteiger partial charge >= 0.3 is 5.97 Å². The first-order valence-corrected chi connectivity index (χ1v) is 9.04. The Bertz CT molecular complexity index is 912. The molecule has 1 unspecified atom stereocenters. The number of benzene rings is 2. The molecule has 0 amide bonds. The first-order chi connectivity index (χ1) is 13.0. The van der Waals surface area contributed by atoms with Crippen LogP contribution in [0.5, 0.6) is 5.75 Å². The first kappa shape index (κ1) is 19.2. The molecule has 2 aromatic rings. The minimum Gasteiger partial charge on any atom is -0.497 e. The summed E-state index contributed by atoms with van der Waals surface area (Å²) in [6.07, 6.45) is 0. The van der Waals surface area contributed by atoms with E-state index in [4.69, 9.17) is 33.3 Å². The molecule has 0 saturated carbocycles. The summed E-state index contributed by atoms with van der Waals surface area (Å²) in [5.74, 6) is 0.276. The number of nitrogens with one attached hydrogen (secondary N) is 1. The van der Waals surface area contributed by atoms with Crippen LogP contribution in [-0.4, -0.2) is 25.3 Å². The summed E-state index contributed by atoms with van der Waals surface area (Å²) in [6.45, 7) is 1.85. The smallest absolute Gasteiger partial charge is 0.337 e. The highest BCUT2D eigenvalue weighted by Crippen LogP contribution is 2.35. The zero-order valence-corrected chi connectivity index (χ0v) is 16.7. The van der Waals surface area contributed by atoms with Crippen molar-refractivity contribution in [3.8, 4) is 5.75 Å². The molecule has 5 nitrogen and oxygen atoms in total. The largest absolute Gasteiger partial charge is 0.497 e. The number of esters is 1. The molecule has 0 aromatic heterocycles. The molecule has 27 heavy (non-hydrogen) atoms. The molecule has 3 rings (SSSR count). The maximum atomic E-state index is 12.6. The van der Waals surface area contributed by atoms with Gasteiger partial charge in [-0.1, -0.05) is 29.8 Å². The van der Waals surface area contributed by atoms with Gasteiger partial charge in [-0.3, -0.25) is 4.90 Å². The van der Waals surface area contributed by atoms with Crippen molar-refractivity contribution in [1.29, 1.82) is 0 Å². The zero-order chi connectivity index (χ0) is 19.6. The fourth-order valence-corrected chi connectivity index (χ4v) is 3.57. The second-order valence-corrected chi connectivity index (χ2v) is 6.78. The van der Waals surface area contributed by atoms with Gasteiger partial charge in [-0.15, -0.1) is 0 Å². The van der Waals surface area contributed by atoms with Crippen molar-refractivity contribution in [3.05, 3.63) is 70.4 Å². The van der Waals surface area contributed by atoms with Gasteiger partial charge in [0.1, 0.15) is 5.75 Å². The third-order valence-electron chi connectivity index (χ3n) is 4.40. The lowest BCUT2D eigenvalue weighted by Gasteiger charge is -2.37. The van der Waals surface area contributed by atoms with E-state index in [-0.39, 0.29) is 0 Å². The molecule has 0 fully saturated rings. The van der Waals surface area contributed by atoms with Crippen LogP contribution in [-0.2, 0) is 9.53 Å². The Labute approximate surface area is 168 Å². The van der Waals surface area contributed by atoms with E-state index in [1.54, 1.807) is 24.1 Å². The molecule has 0 spiro atoms. The predicted molar refractivity (Wildman–Crippen MR) is 110 cm³/mol. The molecule has 1 heterocycles. The van der Waals surface area contributed by atoms with E-state index in [1.165, 1.54) is 7.11 Å². The van der Waals surface area contributed by atoms with Crippen LogP contribution >= 0.6 is 23.8 Å². The summed E-state index contributed by atoms with van der Waals surface area (Å²) >= 11 is 11.6. The molecule has 0 saturated heterocycles. The van der Waals surface area contributed by atoms with Crippen LogP contribution in [0.1, 0.15) is 18.5 Å². The van der Waals surface area contributed by atoms with E-state index in [2.05, 4.69) is 5.32 Å². The minimum atomic E-state index is -0.427. The number of halogens is 1. The molecule has 7 heteroatoms. The van der Waals surface area contributed by atoms with Crippen LogP contribution < -0.4 is 15.0 Å². The highest BCUT2D eigenvalue weighted by molar-refractivity contribution is 7.80. The van der Waals surface area contributed by atoms with Gasteiger partial charge in [0.2, 0.25) is 0 Å². The zero-order valence-electron chi connectivity index (χ0n) is 15.2. The van der Waals surface area contributed by atoms with Crippen LogP contribution in [0.15, 0.2) is 59.8 Å². The number of allylic oxidation sites excluding steroid dienone is 1. The third kappa shape index (κ3) is 3.77. The molecule has 1 atom stereocenters. The lowest BCUT2D eigenvalue weighted by atomic mass is 9.95. The predicted octanol–water partition coefficient (Wildman–Crippen LogP) is 4.23. The number of methoxy groups -OCH3 is 2. The number of hydrogen-bond acceptors (Lipinski definition) is 4. The molecule has 1 aliphatic heterocycles. The van der Waals surface area contributed by atoms with E-state index in [9.17, 15) is 4.79 Å². The van der Waals surface area contributed by atoms with Gasteiger partial charge in [-0.05, 0) is 49.0 Å². The number of rotatable bonds is 4. The normalized spacial score (nSPS) is 16.8. The van der Waals surface area contributed by atoms with E-state index in [0.29, 0.717) is 27.2 Å². The van der Waals surface area contributed by atoms with E-state index in [1.807, 2.05) is 43.3 Å². The fraction of sp³-hybridized carbons (Fsp3) is 0.200. The Balaban J connectivity index is 2.12. The van der Waals surface area contributed by atoms with Crippen LogP contribution in [0.4, 0.5) is 5.69 Å². The third-order valence-corrected chi connectivity index (χ3v) is 4.96. The van der Waals surface area contributed by atoms with Crippen molar-refractivity contribution >= 4 is 40.6 Å². The summed E-state index contributed by atoms with van der Waals surface area (Å²) in [5.41, 5.74) is 2.84. The van der Waals surface area contributed by atoms with Crippen molar-refractivity contribution in [3.63, 3.8) is 0 Å². The van der Waals surface area contributed by atoms with Crippen LogP contribution in [0.2, 0.25) is 5.02 Å². The van der Waals surface area contributed by atoms with Crippen LogP contribution in [0.25, 0.3) is 0 Å². The van der Waals surface area contributed by atoms with E-state index < -0.39 is 12.0 Å². The quantitative estimate of drug-likeness (QED) is 0.610. The lowest BCUT2D eigenvalue weighted by Crippen LogP contribution is -2.48. The maximum Gasteiger partial charge on any atom is 0.337 e. The Morgan fingerprint density at radius 3 is 2.52 bits per heavy atom. The number of carbonyl (C=O) groups excluding carboxylic acids is 1. The second-order valence-electron chi connectivity index (χ2n) is 5.96. The number of carbonyl (C=O) groups is 1. The number of thiocarbonyl (C=S) groups is 1. The molecule has 0 bridgehead atoms. The fourth-order valence-electron chi connectivity index (χ4n) is 3.08. The van der Waals surface area contributed by atoms with Gasteiger partial charge < -0.3 is 14.8 Å². The molecular weight excluding hydrogens is 384 g/mol. The summed E-state index contributed by atoms with van der Waals surface area (Å²) in [4.78, 5) is 14.4. The monoisotopic (exact) mass is 402 g/mol. The first-order valence-electron chi connectivity index (χ1n) is 8.25. The molecule has 140 valence electrons. The van der Waals surface area contributed by atoms with Crippen molar-refractivity contribution in [2.75, 3.05) is 19.1 Å². The van der Waals surface area contributed by atoms with Crippen molar-refractivity contribution in [2.24, 2.45) is 0 Å². The van der Waals surface area contributed by atoms with Crippen LogP contribution in [0, 0.1) is 0 Å². The molecular formula is C20H19ClN2O3S. The number of anilines is 1. The van der Waals surface area contributed by atoms with Crippen LogP contribution in [0.3, 0.4) is 0 Å². The Kier molecular flexibility index (Phi) is 5.68. The highest BCUT2D eigenvalue weighted by atomic mass is 35.5. The van der Waals surface area contributed by atoms with Gasteiger partial charge in [0.25, 0.3) is 0 Å². The standard InChI is InChI=1S/C20H19ClN2O3S/c1-12-17(19(24)26-3)18(13-7-9-14(21)10-8-13)22-20(27)23(12)15-5-4-6-16(11-15)25-2/h4-11,18H,1-3H3,(H,22,27). The molecule has 1 N–H and O–H groups in total. The van der Waals surface area contributed by atoms with Gasteiger partial charge in [0.15, 0.2) is 5.11 Å². The van der Waals surface area contributed by atoms with Gasteiger partial charge in [-0.25, -0.2) is 4.79 Å². The van der Waals surface area contributed by atoms with Gasteiger partial charge in [-0.2, -0.15) is 0 Å². The van der Waals surface area contributed by atoms with Gasteiger partial charge in [0, 0.05) is 16.8 Å². The Morgan fingerprint density at radius 2 is 1.89 bits per heavy atom. The lowest BCUT2D eigenvalue weighted by molar-refractivity contribution is -0.136. The summed E-state index contributed by atoms with van der Waals surface area (Å²) < 4.78 is 10.3. The molecule has 2 aromatic carbocycles. The number of nitrogens with zero attached hydrogens (tertiary/aromatic N) is 1. The van der Waals surface area contributed by atoms with Crippen molar-refractivity contribution in [2.45, 2.75) is 13.0 Å². The Morgan fingerprint density at radius 1 is 1.19 bits per heavy atom. The van der Waals surface area contributed by atoms with Crippen molar-refractivity contribution < 1.29 is 14.3 Å². The number of hydrogen-bond donors (Lipinski definition) is 1. The molecule has 0 aliphatic carbocycles. The van der Waals surface area contributed by atoms with Crippen molar-refractivity contribution in [1.82, 2.24) is 5.32 Å². The van der Waals surface area contributed by atoms with E-state index >= 15 is 0 Å². The summed E-state index contributed by atoms with van der Waals surface area (Å²) in [5, 5.41) is 4.35. The summed E-state index contributed by atoms with van der Waals surface area (Å²) in [6, 6.07) is 14.3. The topological polar surface area (TPSA) is 50.8 Å². The van der Waals surface area contributed by atoms with E-state index in [0.717, 1.165) is 11.3 Å². The average molecular weight is 403 g/mol. The second kappa shape index (κ2) is 7.98. The minimum absolute atomic E-state index is 0.421. The molecule has 0 radical (unpaired) electrons. The highest BCUT2D eigenvalue weighted by Gasteiger charge is 2.35. The average Bonchev–Trinajstić information content (AvgIpc) is 2.68. The summed E-state index contributed by atoms with van der Waals surface area (Å²) in [7, 11) is 2.97. The van der Waals surface area contributed by atoms with Gasteiger partial charge in [0.05, 0.1) is 31.5 Å². The number of ether oxygens (including phenoxy) is 2. The Hall–Kier alpha value is -2.57.